The molecule has 0 N–H and O–H groups in total. The minimum absolute atomic E-state index is 0.183. The molecule has 0 atom stereocenters. The zero-order valence-corrected chi connectivity index (χ0v) is 50.1. The summed E-state index contributed by atoms with van der Waals surface area (Å²) in [6, 6.07) is 76.2. The van der Waals surface area contributed by atoms with Crippen molar-refractivity contribution < 1.29 is 30.8 Å². The van der Waals surface area contributed by atoms with Gasteiger partial charge in [-0.3, -0.25) is 0 Å². The van der Waals surface area contributed by atoms with Gasteiger partial charge < -0.3 is 8.83 Å². The molecule has 2 aromatic heterocycles. The van der Waals surface area contributed by atoms with Gasteiger partial charge >= 0.3 is 0 Å². The number of fused-ring (bicyclic) bond motifs is 11. The van der Waals surface area contributed by atoms with Gasteiger partial charge in [0, 0.05) is 21.5 Å². The number of hydrogen-bond donors (Lipinski definition) is 0. The van der Waals surface area contributed by atoms with Gasteiger partial charge in [0.05, 0.1) is 21.9 Å². The highest BCUT2D eigenvalue weighted by Gasteiger charge is 2.20. The summed E-state index contributed by atoms with van der Waals surface area (Å²) in [7, 11) is 0. The van der Waals surface area contributed by atoms with Gasteiger partial charge in [-0.1, -0.05) is 297 Å². The van der Waals surface area contributed by atoms with E-state index in [1.54, 1.807) is 0 Å². The Labute approximate surface area is 566 Å². The first-order valence-corrected chi connectivity index (χ1v) is 31.0. The Kier molecular flexibility index (Phi) is 9.82. The first-order chi connectivity index (χ1) is 53.2. The first kappa shape index (κ1) is 40.4. The Bertz CT molecular complexity index is 6980. The number of rotatable bonds is 8. The smallest absolute Gasteiger partial charge is 0.136 e. The topological polar surface area (TPSA) is 26.3 Å². The standard InChI is InChI=1S/C48H30O.C44H28O/c1-2-11-31(12-3-1)34-15-10-16-38(27-34)48-42-19-8-6-17-40(42)47(41-18-7-9-20-43(41)48)33-23-21-32(22-24-33)37-25-26-39-44-28-35-13-4-5-14-36(35)29-46(44)49-45(39)30-37;1-2-11-29(12-3-1)32-13-10-14-34(27-32)44-39-18-6-4-16-37(39)43(38-17-5-7-19-40(38)44)31-23-21-30(22-24-31)33-25-26-36-35-15-8-9-20-41(35)45-42(36)28-33/h1-30H;1-28H/i6D,7D,8D,9D,17D,18D,19D,20D;4D,5D,6D,7D,16D,17D,18D,19D. The summed E-state index contributed by atoms with van der Waals surface area (Å²) in [6.45, 7) is 0. The van der Waals surface area contributed by atoms with Crippen LogP contribution in [0.1, 0.15) is 21.9 Å². The molecule has 0 aliphatic rings. The zero-order chi connectivity index (χ0) is 76.0. The molecule has 0 amide bonds. The Balaban J connectivity index is 0.000000155. The molecule has 0 spiro atoms. The maximum atomic E-state index is 9.30. The van der Waals surface area contributed by atoms with Gasteiger partial charge in [-0.2, -0.15) is 0 Å². The van der Waals surface area contributed by atoms with Crippen LogP contribution in [-0.2, 0) is 0 Å². The van der Waals surface area contributed by atoms with Gasteiger partial charge in [-0.05, 0) is 197 Å². The average molecular weight is 1210 g/mol. The van der Waals surface area contributed by atoms with Gasteiger partial charge in [-0.25, -0.2) is 0 Å². The lowest BCUT2D eigenvalue weighted by Crippen LogP contribution is -1.91. The molecule has 2 nitrogen and oxygen atoms in total. The third-order valence-corrected chi connectivity index (χ3v) is 18.0. The van der Waals surface area contributed by atoms with Crippen molar-refractivity contribution in [1.82, 2.24) is 0 Å². The zero-order valence-electron chi connectivity index (χ0n) is 66.1. The van der Waals surface area contributed by atoms with Crippen molar-refractivity contribution in [3.63, 3.8) is 0 Å². The largest absolute Gasteiger partial charge is 0.456 e. The monoisotopic (exact) mass is 1210 g/mol. The van der Waals surface area contributed by atoms with Crippen molar-refractivity contribution >= 4 is 97.7 Å². The van der Waals surface area contributed by atoms with E-state index < -0.39 is 48.3 Å². The third-order valence-electron chi connectivity index (χ3n) is 18.0. The lowest BCUT2D eigenvalue weighted by atomic mass is 9.85. The summed E-state index contributed by atoms with van der Waals surface area (Å²) >= 11 is 0. The molecule has 0 aliphatic heterocycles. The van der Waals surface area contributed by atoms with E-state index in [2.05, 4.69) is 30.3 Å². The van der Waals surface area contributed by atoms with E-state index in [0.29, 0.717) is 44.5 Å². The molecule has 94 heavy (non-hydrogen) atoms. The van der Waals surface area contributed by atoms with E-state index in [1.165, 1.54) is 0 Å². The van der Waals surface area contributed by atoms with Gasteiger partial charge in [0.2, 0.25) is 0 Å². The van der Waals surface area contributed by atoms with Crippen LogP contribution in [0.25, 0.3) is 187 Å². The van der Waals surface area contributed by atoms with Gasteiger partial charge in [0.25, 0.3) is 0 Å². The molecular formula is C92H58O2. The molecular weight excluding hydrogens is 1140 g/mol. The lowest BCUT2D eigenvalue weighted by Gasteiger charge is -2.18. The van der Waals surface area contributed by atoms with E-state index >= 15 is 0 Å². The van der Waals surface area contributed by atoms with Crippen molar-refractivity contribution in [1.29, 1.82) is 0 Å². The van der Waals surface area contributed by atoms with Crippen LogP contribution in [-0.4, -0.2) is 0 Å². The van der Waals surface area contributed by atoms with Crippen LogP contribution in [0.2, 0.25) is 0 Å². The van der Waals surface area contributed by atoms with Crippen LogP contribution < -0.4 is 0 Å². The molecule has 2 heterocycles. The molecule has 19 rings (SSSR count). The molecule has 0 saturated heterocycles. The van der Waals surface area contributed by atoms with Crippen LogP contribution >= 0.6 is 0 Å². The molecule has 0 bridgehead atoms. The highest BCUT2D eigenvalue weighted by atomic mass is 16.3. The highest BCUT2D eigenvalue weighted by molar-refractivity contribution is 6.23. The van der Waals surface area contributed by atoms with Gasteiger partial charge in [-0.15, -0.1) is 0 Å². The molecule has 0 aliphatic carbocycles. The van der Waals surface area contributed by atoms with Gasteiger partial charge in [0.1, 0.15) is 22.3 Å². The van der Waals surface area contributed by atoms with E-state index in [-0.39, 0.29) is 91.4 Å². The van der Waals surface area contributed by atoms with Gasteiger partial charge in [0.15, 0.2) is 0 Å². The Hall–Kier alpha value is -12.4. The predicted molar refractivity (Wildman–Crippen MR) is 398 cm³/mol. The fraction of sp³-hybridized carbons (Fsp3) is 0. The summed E-state index contributed by atoms with van der Waals surface area (Å²) in [5, 5.41) is 7.81. The molecule has 0 fully saturated rings. The SMILES string of the molecule is [2H]c1c([2H])c([2H])c2c(-c3cccc(-c4ccccc4)c3)c3c([2H])c([2H])c([2H])c([2H])c3c(-c3ccc(-c4ccc5c(c4)oc4cc6ccccc6cc45)cc3)c2c1[2H].[2H]c1c([2H])c([2H])c2c(-c3cccc(-c4ccccc4)c3)c3c([2H])c([2H])c([2H])c([2H])c3c(-c3ccc(-c4ccc5c(c4)oc4ccccc45)cc3)c2c1[2H]. The minimum Gasteiger partial charge on any atom is -0.456 e. The summed E-state index contributed by atoms with van der Waals surface area (Å²) in [5.74, 6) is 0. The first-order valence-electron chi connectivity index (χ1n) is 39.0. The lowest BCUT2D eigenvalue weighted by molar-refractivity contribution is 0.669. The summed E-state index contributed by atoms with van der Waals surface area (Å²) in [5.41, 5.74) is 13.8. The Morgan fingerprint density at radius 2 is 0.457 bits per heavy atom. The number of furan rings is 2. The van der Waals surface area contributed by atoms with Crippen LogP contribution in [0.4, 0.5) is 0 Å². The second kappa shape index (κ2) is 22.8. The minimum atomic E-state index is -0.429. The maximum Gasteiger partial charge on any atom is 0.136 e. The van der Waals surface area contributed by atoms with E-state index in [1.807, 2.05) is 224 Å². The number of para-hydroxylation sites is 1. The summed E-state index contributed by atoms with van der Waals surface area (Å²) in [4.78, 5) is 0. The second-order valence-electron chi connectivity index (χ2n) is 23.4. The Morgan fingerprint density at radius 1 is 0.170 bits per heavy atom. The van der Waals surface area contributed by atoms with E-state index in [0.717, 1.165) is 99.2 Å². The van der Waals surface area contributed by atoms with Crippen molar-refractivity contribution in [2.45, 2.75) is 0 Å². The summed E-state index contributed by atoms with van der Waals surface area (Å²) in [6.07, 6.45) is 0. The second-order valence-corrected chi connectivity index (χ2v) is 23.4. The molecule has 0 saturated carbocycles. The Morgan fingerprint density at radius 3 is 0.904 bits per heavy atom. The molecule has 19 aromatic rings. The average Bonchev–Trinajstić information content (AvgIpc) is 0.891. The molecule has 17 aromatic carbocycles. The van der Waals surface area contributed by atoms with Crippen LogP contribution in [0.5, 0.6) is 0 Å². The molecule has 0 unspecified atom stereocenters. The highest BCUT2D eigenvalue weighted by Crippen LogP contribution is 2.47. The fourth-order valence-electron chi connectivity index (χ4n) is 13.6. The van der Waals surface area contributed by atoms with E-state index in [4.69, 9.17) is 19.8 Å². The van der Waals surface area contributed by atoms with Crippen LogP contribution in [0.15, 0.2) is 360 Å². The number of hydrogen-bond acceptors (Lipinski definition) is 2. The maximum absolute atomic E-state index is 9.30. The normalized spacial score (nSPS) is 14.0. The van der Waals surface area contributed by atoms with Crippen molar-refractivity contribution in [3.8, 4) is 89.0 Å². The van der Waals surface area contributed by atoms with E-state index in [9.17, 15) is 11.0 Å². The fourth-order valence-corrected chi connectivity index (χ4v) is 13.6. The third kappa shape index (κ3) is 9.50. The predicted octanol–water partition coefficient (Wildman–Crippen LogP) is 26.3. The van der Waals surface area contributed by atoms with Crippen molar-refractivity contribution in [2.75, 3.05) is 0 Å². The molecule has 438 valence electrons. The van der Waals surface area contributed by atoms with Crippen LogP contribution in [0.3, 0.4) is 0 Å². The quantitative estimate of drug-likeness (QED) is 0.142. The molecule has 0 radical (unpaired) electrons. The summed E-state index contributed by atoms with van der Waals surface area (Å²) < 4.78 is 157. The van der Waals surface area contributed by atoms with Crippen molar-refractivity contribution in [2.24, 2.45) is 0 Å². The molecule has 2 heteroatoms. The number of benzene rings is 17. The van der Waals surface area contributed by atoms with Crippen molar-refractivity contribution in [3.05, 3.63) is 351 Å². The van der Waals surface area contributed by atoms with Crippen LogP contribution in [0, 0.1) is 0 Å².